The molecule has 4 amide bonds. The summed E-state index contributed by atoms with van der Waals surface area (Å²) in [6, 6.07) is 14.8. The number of benzene rings is 3. The van der Waals surface area contributed by atoms with E-state index in [4.69, 9.17) is 16.3 Å². The van der Waals surface area contributed by atoms with Crippen LogP contribution >= 0.6 is 56.8 Å². The molecule has 1 heterocycles. The number of barbiturate groups is 1. The lowest BCUT2D eigenvalue weighted by Gasteiger charge is -2.26. The van der Waals surface area contributed by atoms with Crippen molar-refractivity contribution in [2.45, 2.75) is 6.61 Å². The highest BCUT2D eigenvalue weighted by Crippen LogP contribution is 2.32. The van der Waals surface area contributed by atoms with Crippen molar-refractivity contribution >= 4 is 86.4 Å². The quantitative estimate of drug-likeness (QED) is 0.203. The normalized spacial score (nSPS) is 15.0. The number of carbonyl (C=O) groups is 3. The van der Waals surface area contributed by atoms with Gasteiger partial charge in [-0.3, -0.25) is 14.9 Å². The first-order chi connectivity index (χ1) is 16.2. The van der Waals surface area contributed by atoms with Crippen molar-refractivity contribution in [3.8, 4) is 5.75 Å². The van der Waals surface area contributed by atoms with Gasteiger partial charge in [0.1, 0.15) is 23.7 Å². The molecule has 3 aromatic rings. The average Bonchev–Trinajstić information content (AvgIpc) is 2.78. The summed E-state index contributed by atoms with van der Waals surface area (Å²) >= 11 is 10.4. The number of hydrogen-bond donors (Lipinski definition) is 1. The highest BCUT2D eigenvalue weighted by Gasteiger charge is 2.36. The Kier molecular flexibility index (Phi) is 7.53. The molecule has 3 aromatic carbocycles. The van der Waals surface area contributed by atoms with Gasteiger partial charge >= 0.3 is 6.03 Å². The maximum atomic E-state index is 13.3. The third kappa shape index (κ3) is 5.26. The second kappa shape index (κ2) is 10.4. The van der Waals surface area contributed by atoms with Crippen LogP contribution in [0.3, 0.4) is 0 Å². The van der Waals surface area contributed by atoms with E-state index in [1.165, 1.54) is 18.2 Å². The standard InChI is InChI=1S/C24H14ClFI2N2O4/c25-18-4-2-1-3-14(18)12-34-21-19(27)10-13(11-20(21)28)9-17-22(31)29-24(33)30(23(17)32)16-7-5-15(26)6-8-16/h1-11H,12H2,(H,29,31,33)/b17-9+. The SMILES string of the molecule is O=C1NC(=O)N(c2ccc(F)cc2)C(=O)/C1=C/c1cc(I)c(OCc2ccccc2Cl)c(I)c1. The molecule has 4 rings (SSSR count). The molecule has 1 aliphatic heterocycles. The molecule has 10 heteroatoms. The van der Waals surface area contributed by atoms with Gasteiger partial charge in [-0.05, 0) is 99.3 Å². The van der Waals surface area contributed by atoms with E-state index in [0.717, 1.165) is 29.7 Å². The largest absolute Gasteiger partial charge is 0.487 e. The molecule has 1 N–H and O–H groups in total. The summed E-state index contributed by atoms with van der Waals surface area (Å²) in [6.07, 6.45) is 1.41. The minimum absolute atomic E-state index is 0.148. The Morgan fingerprint density at radius 1 is 1.00 bits per heavy atom. The van der Waals surface area contributed by atoms with Gasteiger partial charge in [-0.15, -0.1) is 0 Å². The van der Waals surface area contributed by atoms with E-state index in [-0.39, 0.29) is 17.9 Å². The number of anilines is 1. The summed E-state index contributed by atoms with van der Waals surface area (Å²) in [4.78, 5) is 38.5. The van der Waals surface area contributed by atoms with Crippen LogP contribution in [0.5, 0.6) is 5.75 Å². The minimum Gasteiger partial charge on any atom is -0.487 e. The first-order valence-corrected chi connectivity index (χ1v) is 12.3. The van der Waals surface area contributed by atoms with Crippen LogP contribution in [-0.2, 0) is 16.2 Å². The van der Waals surface area contributed by atoms with Crippen molar-refractivity contribution in [2.75, 3.05) is 4.90 Å². The van der Waals surface area contributed by atoms with Crippen LogP contribution in [0.25, 0.3) is 6.08 Å². The molecular weight excluding hydrogens is 689 g/mol. The number of urea groups is 1. The number of nitrogens with zero attached hydrogens (tertiary/aromatic N) is 1. The van der Waals surface area contributed by atoms with Crippen molar-refractivity contribution in [3.63, 3.8) is 0 Å². The molecule has 0 aromatic heterocycles. The molecule has 0 aliphatic carbocycles. The fraction of sp³-hybridized carbons (Fsp3) is 0.0417. The van der Waals surface area contributed by atoms with Crippen LogP contribution in [0.15, 0.2) is 66.2 Å². The topological polar surface area (TPSA) is 75.7 Å². The van der Waals surface area contributed by atoms with Gasteiger partial charge in [-0.25, -0.2) is 14.1 Å². The van der Waals surface area contributed by atoms with Gasteiger partial charge in [0.25, 0.3) is 11.8 Å². The van der Waals surface area contributed by atoms with E-state index < -0.39 is 23.7 Å². The Balaban J connectivity index is 1.61. The summed E-state index contributed by atoms with van der Waals surface area (Å²) in [5.74, 6) is -1.48. The van der Waals surface area contributed by atoms with Crippen molar-refractivity contribution in [2.24, 2.45) is 0 Å². The van der Waals surface area contributed by atoms with Gasteiger partial charge < -0.3 is 4.74 Å². The van der Waals surface area contributed by atoms with Crippen molar-refractivity contribution in [3.05, 3.63) is 95.3 Å². The Hall–Kier alpha value is -2.51. The first kappa shape index (κ1) is 24.6. The zero-order valence-corrected chi connectivity index (χ0v) is 22.2. The lowest BCUT2D eigenvalue weighted by atomic mass is 10.1. The van der Waals surface area contributed by atoms with Crippen LogP contribution in [0.2, 0.25) is 5.02 Å². The Labute approximate surface area is 226 Å². The van der Waals surface area contributed by atoms with Gasteiger partial charge in [-0.1, -0.05) is 29.8 Å². The molecule has 34 heavy (non-hydrogen) atoms. The summed E-state index contributed by atoms with van der Waals surface area (Å²) in [5.41, 5.74) is 1.35. The van der Waals surface area contributed by atoms with Crippen LogP contribution in [0.1, 0.15) is 11.1 Å². The summed E-state index contributed by atoms with van der Waals surface area (Å²) in [7, 11) is 0. The van der Waals surface area contributed by atoms with Crippen LogP contribution in [-0.4, -0.2) is 17.8 Å². The van der Waals surface area contributed by atoms with Crippen molar-refractivity contribution < 1.29 is 23.5 Å². The van der Waals surface area contributed by atoms with E-state index in [1.807, 2.05) is 18.2 Å². The number of amides is 4. The number of nitrogens with one attached hydrogen (secondary N) is 1. The summed E-state index contributed by atoms with van der Waals surface area (Å²) in [6.45, 7) is 0.280. The summed E-state index contributed by atoms with van der Waals surface area (Å²) < 4.78 is 20.8. The highest BCUT2D eigenvalue weighted by molar-refractivity contribution is 14.1. The molecular formula is C24H14ClFI2N2O4. The molecule has 0 bridgehead atoms. The second-order valence-electron chi connectivity index (χ2n) is 7.13. The number of rotatable bonds is 5. The first-order valence-electron chi connectivity index (χ1n) is 9.77. The van der Waals surface area contributed by atoms with E-state index >= 15 is 0 Å². The van der Waals surface area contributed by atoms with Crippen LogP contribution < -0.4 is 15.0 Å². The Morgan fingerprint density at radius 2 is 1.65 bits per heavy atom. The number of halogens is 4. The predicted octanol–water partition coefficient (Wildman–Crippen LogP) is 5.93. The van der Waals surface area contributed by atoms with E-state index in [9.17, 15) is 18.8 Å². The lowest BCUT2D eigenvalue weighted by molar-refractivity contribution is -0.122. The molecule has 0 unspecified atom stereocenters. The zero-order valence-electron chi connectivity index (χ0n) is 17.2. The van der Waals surface area contributed by atoms with Crippen molar-refractivity contribution in [1.29, 1.82) is 0 Å². The van der Waals surface area contributed by atoms with Crippen LogP contribution in [0.4, 0.5) is 14.9 Å². The van der Waals surface area contributed by atoms with E-state index in [0.29, 0.717) is 16.3 Å². The molecule has 0 radical (unpaired) electrons. The molecule has 172 valence electrons. The number of hydrogen-bond acceptors (Lipinski definition) is 4. The van der Waals surface area contributed by atoms with E-state index in [1.54, 1.807) is 18.2 Å². The predicted molar refractivity (Wildman–Crippen MR) is 143 cm³/mol. The number of carbonyl (C=O) groups excluding carboxylic acids is 3. The number of ether oxygens (including phenoxy) is 1. The third-order valence-corrected chi connectivity index (χ3v) is 6.82. The minimum atomic E-state index is -0.897. The Morgan fingerprint density at radius 3 is 2.29 bits per heavy atom. The van der Waals surface area contributed by atoms with Gasteiger partial charge in [0.05, 0.1) is 12.8 Å². The van der Waals surface area contributed by atoms with Gasteiger partial charge in [-0.2, -0.15) is 0 Å². The lowest BCUT2D eigenvalue weighted by Crippen LogP contribution is -2.54. The van der Waals surface area contributed by atoms with Gasteiger partial charge in [0, 0.05) is 10.6 Å². The molecule has 6 nitrogen and oxygen atoms in total. The molecule has 0 saturated carbocycles. The maximum absolute atomic E-state index is 13.3. The molecule has 1 aliphatic rings. The van der Waals surface area contributed by atoms with E-state index in [2.05, 4.69) is 50.5 Å². The highest BCUT2D eigenvalue weighted by atomic mass is 127. The average molecular weight is 703 g/mol. The monoisotopic (exact) mass is 702 g/mol. The molecule has 1 saturated heterocycles. The fourth-order valence-electron chi connectivity index (χ4n) is 3.21. The molecule has 0 atom stereocenters. The van der Waals surface area contributed by atoms with Crippen molar-refractivity contribution in [1.82, 2.24) is 5.32 Å². The third-order valence-electron chi connectivity index (χ3n) is 4.85. The maximum Gasteiger partial charge on any atom is 0.335 e. The molecule has 1 fully saturated rings. The van der Waals surface area contributed by atoms with Crippen LogP contribution in [0, 0.1) is 13.0 Å². The second-order valence-corrected chi connectivity index (χ2v) is 9.86. The zero-order chi connectivity index (χ0) is 24.4. The fourth-order valence-corrected chi connectivity index (χ4v) is 5.53. The number of imide groups is 2. The molecule has 0 spiro atoms. The smallest absolute Gasteiger partial charge is 0.335 e. The van der Waals surface area contributed by atoms with Gasteiger partial charge in [0.2, 0.25) is 0 Å². The Bertz CT molecular complexity index is 1320. The van der Waals surface area contributed by atoms with Gasteiger partial charge in [0.15, 0.2) is 0 Å². The summed E-state index contributed by atoms with van der Waals surface area (Å²) in [5, 5.41) is 2.76.